The fourth-order valence-electron chi connectivity index (χ4n) is 1.41. The van der Waals surface area contributed by atoms with Gasteiger partial charge in [0.1, 0.15) is 11.7 Å². The summed E-state index contributed by atoms with van der Waals surface area (Å²) in [6.07, 6.45) is -1.88. The van der Waals surface area contributed by atoms with Crippen LogP contribution in [0.2, 0.25) is 5.15 Å². The first kappa shape index (κ1) is 14.1. The van der Waals surface area contributed by atoms with Gasteiger partial charge >= 0.3 is 6.18 Å². The molecule has 9 heteroatoms. The van der Waals surface area contributed by atoms with Gasteiger partial charge in [0.2, 0.25) is 0 Å². The maximum Gasteiger partial charge on any atom is 0.408 e. The molecule has 0 unspecified atom stereocenters. The third-order valence-electron chi connectivity index (χ3n) is 2.12. The number of hydrogen-bond donors (Lipinski definition) is 0. The highest BCUT2D eigenvalue weighted by Gasteiger charge is 2.28. The van der Waals surface area contributed by atoms with E-state index < -0.39 is 12.7 Å². The van der Waals surface area contributed by atoms with Crippen LogP contribution in [-0.2, 0) is 12.4 Å². The highest BCUT2D eigenvalue weighted by atomic mass is 35.5. The Morgan fingerprint density at radius 2 is 2.00 bits per heavy atom. The van der Waals surface area contributed by atoms with Crippen molar-refractivity contribution in [1.29, 1.82) is 0 Å². The van der Waals surface area contributed by atoms with Crippen LogP contribution in [-0.4, -0.2) is 25.9 Å². The van der Waals surface area contributed by atoms with Crippen LogP contribution in [0.15, 0.2) is 18.5 Å². The highest BCUT2D eigenvalue weighted by Crippen LogP contribution is 2.21. The van der Waals surface area contributed by atoms with Crippen LogP contribution < -0.4 is 0 Å². The molecule has 0 radical (unpaired) electrons. The maximum atomic E-state index is 12.2. The van der Waals surface area contributed by atoms with E-state index in [0.717, 1.165) is 4.68 Å². The van der Waals surface area contributed by atoms with Gasteiger partial charge < -0.3 is 0 Å². The molecule has 0 N–H and O–H groups in total. The summed E-state index contributed by atoms with van der Waals surface area (Å²) in [7, 11) is 0. The number of hydrogen-bond acceptors (Lipinski definition) is 3. The van der Waals surface area contributed by atoms with Crippen LogP contribution in [0.3, 0.4) is 0 Å². The minimum atomic E-state index is -4.33. The van der Waals surface area contributed by atoms with Crippen molar-refractivity contribution in [1.82, 2.24) is 19.7 Å². The van der Waals surface area contributed by atoms with E-state index in [4.69, 9.17) is 23.2 Å². The first-order chi connectivity index (χ1) is 8.87. The molecule has 0 saturated carbocycles. The molecule has 0 spiro atoms. The summed E-state index contributed by atoms with van der Waals surface area (Å²) in [4.78, 5) is 7.99. The summed E-state index contributed by atoms with van der Waals surface area (Å²) < 4.78 is 37.4. The minimum Gasteiger partial charge on any atom is -0.263 e. The van der Waals surface area contributed by atoms with Gasteiger partial charge in [-0.2, -0.15) is 18.3 Å². The minimum absolute atomic E-state index is 0.131. The Balaban J connectivity index is 2.30. The predicted octanol–water partition coefficient (Wildman–Crippen LogP) is 3.29. The van der Waals surface area contributed by atoms with Crippen LogP contribution in [0.1, 0.15) is 5.69 Å². The lowest BCUT2D eigenvalue weighted by atomic mass is 10.3. The van der Waals surface area contributed by atoms with Crippen molar-refractivity contribution in [2.75, 3.05) is 0 Å². The van der Waals surface area contributed by atoms with Crippen LogP contribution >= 0.6 is 23.2 Å². The second-order valence-electron chi connectivity index (χ2n) is 3.68. The number of alkyl halides is 4. The van der Waals surface area contributed by atoms with E-state index in [1.807, 2.05) is 0 Å². The molecule has 0 aliphatic heterocycles. The van der Waals surface area contributed by atoms with Crippen LogP contribution in [0, 0.1) is 0 Å². The van der Waals surface area contributed by atoms with E-state index in [2.05, 4.69) is 15.1 Å². The third-order valence-corrected chi connectivity index (χ3v) is 2.59. The Hall–Kier alpha value is -1.34. The van der Waals surface area contributed by atoms with Crippen LogP contribution in [0.25, 0.3) is 11.4 Å². The largest absolute Gasteiger partial charge is 0.408 e. The predicted molar refractivity (Wildman–Crippen MR) is 63.9 cm³/mol. The molecule has 2 heterocycles. The molecule has 0 amide bonds. The smallest absolute Gasteiger partial charge is 0.263 e. The van der Waals surface area contributed by atoms with Gasteiger partial charge in [0.25, 0.3) is 0 Å². The SMILES string of the molecule is FC(F)(F)Cn1cc(-c2nc(Cl)cc(CCl)n2)cn1. The van der Waals surface area contributed by atoms with Gasteiger partial charge in [-0.25, -0.2) is 9.97 Å². The van der Waals surface area contributed by atoms with E-state index in [1.165, 1.54) is 18.5 Å². The Labute approximate surface area is 116 Å². The van der Waals surface area contributed by atoms with Gasteiger partial charge in [0.05, 0.1) is 23.3 Å². The molecule has 2 aromatic rings. The second-order valence-corrected chi connectivity index (χ2v) is 4.34. The Morgan fingerprint density at radius 1 is 1.26 bits per heavy atom. The Bertz CT molecular complexity index is 582. The quantitative estimate of drug-likeness (QED) is 0.645. The Morgan fingerprint density at radius 3 is 2.63 bits per heavy atom. The molecular formula is C10H7Cl2F3N4. The van der Waals surface area contributed by atoms with Crippen molar-refractivity contribution in [3.05, 3.63) is 29.3 Å². The molecular weight excluding hydrogens is 304 g/mol. The van der Waals surface area contributed by atoms with Crippen LogP contribution in [0.5, 0.6) is 0 Å². The molecule has 4 nitrogen and oxygen atoms in total. The van der Waals surface area contributed by atoms with Crippen LogP contribution in [0.4, 0.5) is 13.2 Å². The molecule has 2 aromatic heterocycles. The first-order valence-electron chi connectivity index (χ1n) is 5.06. The fourth-order valence-corrected chi connectivity index (χ4v) is 1.75. The van der Waals surface area contributed by atoms with Crippen molar-refractivity contribution < 1.29 is 13.2 Å². The van der Waals surface area contributed by atoms with Gasteiger partial charge in [0, 0.05) is 6.20 Å². The molecule has 0 atom stereocenters. The van der Waals surface area contributed by atoms with Gasteiger partial charge in [-0.15, -0.1) is 11.6 Å². The molecule has 0 fully saturated rings. The van der Waals surface area contributed by atoms with Crippen molar-refractivity contribution in [3.8, 4) is 11.4 Å². The molecule has 0 bridgehead atoms. The number of aromatic nitrogens is 4. The van der Waals surface area contributed by atoms with E-state index in [9.17, 15) is 13.2 Å². The number of nitrogens with zero attached hydrogens (tertiary/aromatic N) is 4. The zero-order chi connectivity index (χ0) is 14.0. The van der Waals surface area contributed by atoms with Gasteiger partial charge in [0.15, 0.2) is 5.82 Å². The van der Waals surface area contributed by atoms with Crippen molar-refractivity contribution in [3.63, 3.8) is 0 Å². The molecule has 2 rings (SSSR count). The van der Waals surface area contributed by atoms with Crippen molar-refractivity contribution in [2.24, 2.45) is 0 Å². The summed E-state index contributed by atoms with van der Waals surface area (Å²) >= 11 is 11.4. The second kappa shape index (κ2) is 5.34. The molecule has 0 aromatic carbocycles. The molecule has 102 valence electrons. The van der Waals surface area contributed by atoms with E-state index in [-0.39, 0.29) is 16.9 Å². The summed E-state index contributed by atoms with van der Waals surface area (Å²) in [5.41, 5.74) is 0.832. The zero-order valence-electron chi connectivity index (χ0n) is 9.32. The summed E-state index contributed by atoms with van der Waals surface area (Å²) in [6, 6.07) is 1.48. The average Bonchev–Trinajstić information content (AvgIpc) is 2.74. The molecule has 19 heavy (non-hydrogen) atoms. The van der Waals surface area contributed by atoms with E-state index >= 15 is 0 Å². The van der Waals surface area contributed by atoms with Gasteiger partial charge in [-0.3, -0.25) is 4.68 Å². The van der Waals surface area contributed by atoms with E-state index in [1.54, 1.807) is 0 Å². The zero-order valence-corrected chi connectivity index (χ0v) is 10.8. The van der Waals surface area contributed by atoms with Crippen molar-refractivity contribution >= 4 is 23.2 Å². The Kier molecular flexibility index (Phi) is 3.96. The standard InChI is InChI=1S/C10H7Cl2F3N4/c11-2-7-1-8(12)18-9(17-7)6-3-16-19(4-6)5-10(13,14)15/h1,3-4H,2,5H2. The monoisotopic (exact) mass is 310 g/mol. The number of halogens is 5. The van der Waals surface area contributed by atoms with Gasteiger partial charge in [-0.1, -0.05) is 11.6 Å². The highest BCUT2D eigenvalue weighted by molar-refractivity contribution is 6.29. The molecule has 0 aliphatic carbocycles. The molecule has 0 aliphatic rings. The van der Waals surface area contributed by atoms with Crippen molar-refractivity contribution in [2.45, 2.75) is 18.6 Å². The lowest BCUT2D eigenvalue weighted by Crippen LogP contribution is -2.17. The molecule has 0 saturated heterocycles. The maximum absolute atomic E-state index is 12.2. The normalized spacial score (nSPS) is 11.8. The fraction of sp³-hybridized carbons (Fsp3) is 0.300. The lowest BCUT2D eigenvalue weighted by molar-refractivity contribution is -0.142. The summed E-state index contributed by atoms with van der Waals surface area (Å²) in [6.45, 7) is -1.17. The van der Waals surface area contributed by atoms with Gasteiger partial charge in [-0.05, 0) is 6.07 Å². The topological polar surface area (TPSA) is 43.6 Å². The average molecular weight is 311 g/mol. The van der Waals surface area contributed by atoms with E-state index in [0.29, 0.717) is 11.3 Å². The third kappa shape index (κ3) is 3.81. The number of rotatable bonds is 3. The first-order valence-corrected chi connectivity index (χ1v) is 5.97. The summed E-state index contributed by atoms with van der Waals surface area (Å²) in [5, 5.41) is 3.77. The lowest BCUT2D eigenvalue weighted by Gasteiger charge is -2.05. The summed E-state index contributed by atoms with van der Waals surface area (Å²) in [5.74, 6) is 0.322.